The summed E-state index contributed by atoms with van der Waals surface area (Å²) in [4.78, 5) is 0. The number of anilines is 3. The zero-order valence-electron chi connectivity index (χ0n) is 15.1. The molecule has 3 aromatic carbocycles. The molecule has 0 heterocycles. The van der Waals surface area contributed by atoms with Crippen LogP contribution in [0.1, 0.15) is 0 Å². The molecule has 3 aromatic rings. The van der Waals surface area contributed by atoms with Crippen molar-refractivity contribution in [2.75, 3.05) is 16.0 Å². The molecule has 0 aliphatic heterocycles. The normalized spacial score (nSPS) is 10.6. The Morgan fingerprint density at radius 2 is 1.10 bits per heavy atom. The van der Waals surface area contributed by atoms with Gasteiger partial charge in [0, 0.05) is 38.3 Å². The van der Waals surface area contributed by atoms with Crippen LogP contribution >= 0.6 is 46.4 Å². The van der Waals surface area contributed by atoms with Crippen LogP contribution in [0.3, 0.4) is 0 Å². The molecule has 0 bridgehead atoms. The third kappa shape index (κ3) is 6.91. The predicted octanol–water partition coefficient (Wildman–Crippen LogP) is 8.20. The molecule has 0 atom stereocenters. The largest absolute Gasteiger partial charge is 0.362 e. The van der Waals surface area contributed by atoms with E-state index >= 15 is 0 Å². The SMILES string of the molecule is ClC(C=CNc1cccc(Cl)c1)=C(Nc1cccc(Cl)c1)Nc1cccc(Cl)c1. The molecular formula is C22H17Cl4N3. The number of hydrogen-bond acceptors (Lipinski definition) is 3. The van der Waals surface area contributed by atoms with Gasteiger partial charge in [0.1, 0.15) is 5.82 Å². The Balaban J connectivity index is 1.83. The molecule has 0 aromatic heterocycles. The van der Waals surface area contributed by atoms with Crippen LogP contribution in [0, 0.1) is 0 Å². The van der Waals surface area contributed by atoms with E-state index in [1.807, 2.05) is 48.5 Å². The summed E-state index contributed by atoms with van der Waals surface area (Å²) in [5, 5.41) is 12.0. The zero-order valence-corrected chi connectivity index (χ0v) is 18.1. The van der Waals surface area contributed by atoms with Crippen molar-refractivity contribution in [3.05, 3.63) is 111 Å². The van der Waals surface area contributed by atoms with Crippen molar-refractivity contribution in [2.24, 2.45) is 0 Å². The number of hydrogen-bond donors (Lipinski definition) is 3. The minimum absolute atomic E-state index is 0.444. The number of rotatable bonds is 7. The van der Waals surface area contributed by atoms with Gasteiger partial charge in [0.25, 0.3) is 0 Å². The second kappa shape index (κ2) is 10.5. The third-order valence-corrected chi connectivity index (χ3v) is 4.75. The van der Waals surface area contributed by atoms with Gasteiger partial charge in [0.15, 0.2) is 0 Å². The molecule has 0 radical (unpaired) electrons. The molecule has 7 heteroatoms. The van der Waals surface area contributed by atoms with Crippen molar-refractivity contribution in [2.45, 2.75) is 0 Å². The summed E-state index contributed by atoms with van der Waals surface area (Å²) in [5.74, 6) is 0.570. The minimum atomic E-state index is 0.444. The van der Waals surface area contributed by atoms with E-state index in [9.17, 15) is 0 Å². The first-order chi connectivity index (χ1) is 14.0. The first kappa shape index (κ1) is 21.4. The summed E-state index contributed by atoms with van der Waals surface area (Å²) in [6, 6.07) is 22.1. The molecule has 0 aliphatic rings. The standard InChI is InChI=1S/C22H17Cl4N3/c23-15-4-1-7-18(12-15)27-11-10-21(26)22(28-19-8-2-5-16(24)13-19)29-20-9-3-6-17(25)14-20/h1-14,27-29H. The monoisotopic (exact) mass is 463 g/mol. The van der Waals surface area contributed by atoms with Gasteiger partial charge in [0.05, 0.1) is 5.03 Å². The van der Waals surface area contributed by atoms with Gasteiger partial charge in [-0.1, -0.05) is 64.6 Å². The first-order valence-electron chi connectivity index (χ1n) is 8.63. The fraction of sp³-hybridized carbons (Fsp3) is 0. The predicted molar refractivity (Wildman–Crippen MR) is 127 cm³/mol. The quantitative estimate of drug-likeness (QED) is 0.308. The van der Waals surface area contributed by atoms with Crippen LogP contribution in [0.2, 0.25) is 15.1 Å². The molecule has 3 nitrogen and oxygen atoms in total. The van der Waals surface area contributed by atoms with E-state index in [4.69, 9.17) is 46.4 Å². The van der Waals surface area contributed by atoms with E-state index in [0.717, 1.165) is 17.1 Å². The Labute approximate surface area is 189 Å². The lowest BCUT2D eigenvalue weighted by molar-refractivity contribution is 1.35. The fourth-order valence-electron chi connectivity index (χ4n) is 2.44. The van der Waals surface area contributed by atoms with Crippen molar-refractivity contribution >= 4 is 63.5 Å². The first-order valence-corrected chi connectivity index (χ1v) is 10.1. The summed E-state index contributed by atoms with van der Waals surface area (Å²) < 4.78 is 0. The molecular weight excluding hydrogens is 448 g/mol. The lowest BCUT2D eigenvalue weighted by Crippen LogP contribution is -2.11. The average molecular weight is 465 g/mol. The Kier molecular flexibility index (Phi) is 7.73. The summed E-state index contributed by atoms with van der Waals surface area (Å²) in [7, 11) is 0. The molecule has 29 heavy (non-hydrogen) atoms. The molecule has 0 aliphatic carbocycles. The van der Waals surface area contributed by atoms with E-state index in [1.54, 1.807) is 36.5 Å². The zero-order chi connectivity index (χ0) is 20.6. The smallest absolute Gasteiger partial charge is 0.127 e. The Morgan fingerprint density at radius 1 is 0.655 bits per heavy atom. The highest BCUT2D eigenvalue weighted by molar-refractivity contribution is 6.32. The van der Waals surface area contributed by atoms with Crippen molar-refractivity contribution < 1.29 is 0 Å². The van der Waals surface area contributed by atoms with Crippen LogP contribution in [0.25, 0.3) is 0 Å². The summed E-state index contributed by atoms with van der Waals surface area (Å²) in [6.45, 7) is 0. The molecule has 148 valence electrons. The summed E-state index contributed by atoms with van der Waals surface area (Å²) in [6.07, 6.45) is 3.46. The van der Waals surface area contributed by atoms with Crippen LogP contribution in [0.15, 0.2) is 95.9 Å². The van der Waals surface area contributed by atoms with Gasteiger partial charge < -0.3 is 16.0 Å². The molecule has 0 fully saturated rings. The number of halogens is 4. The van der Waals surface area contributed by atoms with Crippen LogP contribution < -0.4 is 16.0 Å². The van der Waals surface area contributed by atoms with E-state index in [-0.39, 0.29) is 0 Å². The Hall–Kier alpha value is -2.30. The van der Waals surface area contributed by atoms with Gasteiger partial charge in [0.2, 0.25) is 0 Å². The van der Waals surface area contributed by atoms with Crippen LogP contribution in [0.4, 0.5) is 17.1 Å². The maximum Gasteiger partial charge on any atom is 0.127 e. The highest BCUT2D eigenvalue weighted by atomic mass is 35.5. The second-order valence-corrected chi connectivity index (χ2v) is 7.70. The highest BCUT2D eigenvalue weighted by Crippen LogP contribution is 2.23. The van der Waals surface area contributed by atoms with E-state index in [1.165, 1.54) is 0 Å². The van der Waals surface area contributed by atoms with Crippen molar-refractivity contribution in [1.82, 2.24) is 0 Å². The van der Waals surface area contributed by atoms with Gasteiger partial charge in [-0.05, 0) is 60.7 Å². The maximum absolute atomic E-state index is 6.56. The van der Waals surface area contributed by atoms with Gasteiger partial charge in [-0.3, -0.25) is 0 Å². The lowest BCUT2D eigenvalue weighted by Gasteiger charge is -2.15. The van der Waals surface area contributed by atoms with Crippen LogP contribution in [0.5, 0.6) is 0 Å². The fourth-order valence-corrected chi connectivity index (χ4v) is 3.17. The topological polar surface area (TPSA) is 36.1 Å². The van der Waals surface area contributed by atoms with Gasteiger partial charge >= 0.3 is 0 Å². The van der Waals surface area contributed by atoms with Crippen LogP contribution in [-0.2, 0) is 0 Å². The number of benzene rings is 3. The minimum Gasteiger partial charge on any atom is -0.362 e. The van der Waals surface area contributed by atoms with Crippen molar-refractivity contribution in [1.29, 1.82) is 0 Å². The molecule has 3 N–H and O–H groups in total. The number of nitrogens with one attached hydrogen (secondary N) is 3. The van der Waals surface area contributed by atoms with Crippen molar-refractivity contribution in [3.8, 4) is 0 Å². The maximum atomic E-state index is 6.56. The average Bonchev–Trinajstić information content (AvgIpc) is 2.67. The lowest BCUT2D eigenvalue weighted by atomic mass is 10.3. The summed E-state index contributed by atoms with van der Waals surface area (Å²) in [5.41, 5.74) is 2.43. The molecule has 0 saturated heterocycles. The van der Waals surface area contributed by atoms with Gasteiger partial charge in [-0.15, -0.1) is 0 Å². The van der Waals surface area contributed by atoms with Gasteiger partial charge in [-0.2, -0.15) is 0 Å². The van der Waals surface area contributed by atoms with Gasteiger partial charge in [-0.25, -0.2) is 0 Å². The number of allylic oxidation sites excluding steroid dienone is 2. The van der Waals surface area contributed by atoms with E-state index < -0.39 is 0 Å². The van der Waals surface area contributed by atoms with E-state index in [2.05, 4.69) is 16.0 Å². The third-order valence-electron chi connectivity index (χ3n) is 3.73. The molecule has 3 rings (SSSR count). The van der Waals surface area contributed by atoms with Crippen molar-refractivity contribution in [3.63, 3.8) is 0 Å². The highest BCUT2D eigenvalue weighted by Gasteiger charge is 2.06. The Morgan fingerprint density at radius 3 is 1.59 bits per heavy atom. The molecule has 0 unspecified atom stereocenters. The van der Waals surface area contributed by atoms with E-state index in [0.29, 0.717) is 25.9 Å². The Bertz CT molecular complexity index is 998. The summed E-state index contributed by atoms with van der Waals surface area (Å²) >= 11 is 24.7. The second-order valence-electron chi connectivity index (χ2n) is 5.98. The molecule has 0 saturated carbocycles. The van der Waals surface area contributed by atoms with Crippen LogP contribution in [-0.4, -0.2) is 0 Å². The molecule has 0 spiro atoms. The molecule has 0 amide bonds.